The Morgan fingerprint density at radius 1 is 0.846 bits per heavy atom. The number of ether oxygens (including phenoxy) is 2. The molecule has 0 saturated carbocycles. The quantitative estimate of drug-likeness (QED) is 0.657. The summed E-state index contributed by atoms with van der Waals surface area (Å²) < 4.78 is 12.3. The molecule has 1 aliphatic heterocycles. The van der Waals surface area contributed by atoms with Crippen LogP contribution in [0.2, 0.25) is 10.0 Å². The zero-order valence-electron chi connectivity index (χ0n) is 13.3. The van der Waals surface area contributed by atoms with Gasteiger partial charge in [-0.1, -0.05) is 83.9 Å². The van der Waals surface area contributed by atoms with E-state index in [0.29, 0.717) is 0 Å². The first-order chi connectivity index (χ1) is 12.5. The van der Waals surface area contributed by atoms with E-state index in [9.17, 15) is 9.90 Å². The number of hydrogen-bond acceptors (Lipinski definition) is 3. The normalized spacial score (nSPS) is 14.2. The second-order valence-corrected chi connectivity index (χ2v) is 6.52. The fourth-order valence-corrected chi connectivity index (χ4v) is 3.45. The highest BCUT2D eigenvalue weighted by Crippen LogP contribution is 2.54. The first-order valence-electron chi connectivity index (χ1n) is 7.77. The molecular weight excluding hydrogens is 375 g/mol. The number of hydrogen-bond donors (Lipinski definition) is 1. The molecule has 0 fully saturated rings. The van der Waals surface area contributed by atoms with E-state index in [4.69, 9.17) is 32.7 Å². The molecule has 4 nitrogen and oxygen atoms in total. The second-order valence-electron chi connectivity index (χ2n) is 5.74. The largest absolute Gasteiger partial charge is 0.478 e. The lowest BCUT2D eigenvalue weighted by molar-refractivity contribution is -0.0458. The third kappa shape index (κ3) is 2.50. The summed E-state index contributed by atoms with van der Waals surface area (Å²) in [4.78, 5) is 11.4. The molecule has 0 amide bonds. The highest BCUT2D eigenvalue weighted by atomic mass is 35.5. The monoisotopic (exact) mass is 386 g/mol. The van der Waals surface area contributed by atoms with Crippen molar-refractivity contribution in [2.24, 2.45) is 0 Å². The Labute approximate surface area is 159 Å². The van der Waals surface area contributed by atoms with Crippen LogP contribution in [0.4, 0.5) is 0 Å². The Balaban J connectivity index is 1.95. The van der Waals surface area contributed by atoms with Gasteiger partial charge in [-0.15, -0.1) is 0 Å². The molecule has 0 bridgehead atoms. The summed E-state index contributed by atoms with van der Waals surface area (Å²) in [6, 6.07) is 19.9. The van der Waals surface area contributed by atoms with Crippen LogP contribution in [-0.4, -0.2) is 11.1 Å². The van der Waals surface area contributed by atoms with Crippen LogP contribution >= 0.6 is 23.2 Å². The van der Waals surface area contributed by atoms with Gasteiger partial charge in [0, 0.05) is 11.1 Å². The first-order valence-corrected chi connectivity index (χ1v) is 8.53. The van der Waals surface area contributed by atoms with Crippen molar-refractivity contribution in [1.29, 1.82) is 0 Å². The molecule has 1 heterocycles. The zero-order valence-corrected chi connectivity index (χ0v) is 14.8. The summed E-state index contributed by atoms with van der Waals surface area (Å²) >= 11 is 12.5. The lowest BCUT2D eigenvalue weighted by Crippen LogP contribution is -2.36. The van der Waals surface area contributed by atoms with Crippen molar-refractivity contribution < 1.29 is 19.4 Å². The van der Waals surface area contributed by atoms with Gasteiger partial charge in [0.15, 0.2) is 11.5 Å². The number of aromatic carboxylic acids is 1. The van der Waals surface area contributed by atoms with Crippen molar-refractivity contribution in [1.82, 2.24) is 0 Å². The SMILES string of the molecule is O=C(O)c1cc(Cl)c2c(c1Cl)OC(c1ccccc1)(c1ccccc1)O2. The van der Waals surface area contributed by atoms with E-state index in [0.717, 1.165) is 11.1 Å². The number of rotatable bonds is 3. The molecule has 0 atom stereocenters. The fourth-order valence-electron chi connectivity index (χ4n) is 2.95. The Morgan fingerprint density at radius 3 is 1.85 bits per heavy atom. The Kier molecular flexibility index (Phi) is 4.02. The molecule has 4 rings (SSSR count). The van der Waals surface area contributed by atoms with Gasteiger partial charge in [-0.05, 0) is 6.07 Å². The van der Waals surface area contributed by atoms with E-state index in [-0.39, 0.29) is 27.1 Å². The average Bonchev–Trinajstić information content (AvgIpc) is 3.09. The average molecular weight is 387 g/mol. The molecule has 3 aromatic rings. The molecule has 0 aliphatic carbocycles. The summed E-state index contributed by atoms with van der Waals surface area (Å²) in [7, 11) is 0. The summed E-state index contributed by atoms with van der Waals surface area (Å²) in [5.74, 6) is -2.17. The van der Waals surface area contributed by atoms with Gasteiger partial charge in [0.2, 0.25) is 0 Å². The summed E-state index contributed by atoms with van der Waals surface area (Å²) in [6.07, 6.45) is 0. The van der Waals surface area contributed by atoms with Gasteiger partial charge in [-0.3, -0.25) is 0 Å². The molecule has 3 aromatic carbocycles. The van der Waals surface area contributed by atoms with E-state index < -0.39 is 11.8 Å². The topological polar surface area (TPSA) is 55.8 Å². The van der Waals surface area contributed by atoms with Crippen molar-refractivity contribution in [3.63, 3.8) is 0 Å². The molecule has 1 aliphatic rings. The number of benzene rings is 3. The Bertz CT molecular complexity index is 948. The minimum Gasteiger partial charge on any atom is -0.478 e. The third-order valence-corrected chi connectivity index (χ3v) is 4.82. The highest BCUT2D eigenvalue weighted by Gasteiger charge is 2.47. The van der Waals surface area contributed by atoms with Crippen molar-refractivity contribution >= 4 is 29.2 Å². The number of fused-ring (bicyclic) bond motifs is 1. The maximum Gasteiger partial charge on any atom is 0.337 e. The van der Waals surface area contributed by atoms with Crippen LogP contribution in [0.25, 0.3) is 0 Å². The number of carboxylic acid groups (broad SMARTS) is 1. The molecule has 0 radical (unpaired) electrons. The lowest BCUT2D eigenvalue weighted by atomic mass is 9.97. The van der Waals surface area contributed by atoms with Crippen LogP contribution in [-0.2, 0) is 5.79 Å². The Morgan fingerprint density at radius 2 is 1.35 bits per heavy atom. The maximum absolute atomic E-state index is 11.4. The predicted octanol–water partition coefficient (Wildman–Crippen LogP) is 5.36. The third-order valence-electron chi connectivity index (χ3n) is 4.16. The van der Waals surface area contributed by atoms with Crippen molar-refractivity contribution in [2.75, 3.05) is 0 Å². The predicted molar refractivity (Wildman–Crippen MR) is 98.3 cm³/mol. The lowest BCUT2D eigenvalue weighted by Gasteiger charge is -2.28. The van der Waals surface area contributed by atoms with Crippen molar-refractivity contribution in [3.05, 3.63) is 93.5 Å². The first kappa shape index (κ1) is 16.8. The maximum atomic E-state index is 11.4. The van der Waals surface area contributed by atoms with Crippen LogP contribution < -0.4 is 9.47 Å². The molecule has 0 saturated heterocycles. The molecule has 130 valence electrons. The molecule has 26 heavy (non-hydrogen) atoms. The van der Waals surface area contributed by atoms with E-state index in [1.54, 1.807) is 0 Å². The Hall–Kier alpha value is -2.69. The van der Waals surface area contributed by atoms with Gasteiger partial charge in [-0.2, -0.15) is 0 Å². The van der Waals surface area contributed by atoms with Crippen LogP contribution in [0.3, 0.4) is 0 Å². The highest BCUT2D eigenvalue weighted by molar-refractivity contribution is 6.38. The van der Waals surface area contributed by atoms with E-state index in [1.165, 1.54) is 6.07 Å². The molecule has 6 heteroatoms. The van der Waals surface area contributed by atoms with E-state index in [2.05, 4.69) is 0 Å². The fraction of sp³-hybridized carbons (Fsp3) is 0.0500. The van der Waals surface area contributed by atoms with Gasteiger partial charge in [-0.25, -0.2) is 4.79 Å². The van der Waals surface area contributed by atoms with E-state index >= 15 is 0 Å². The number of halogens is 2. The standard InChI is InChI=1S/C20H12Cl2O4/c21-15-11-14(19(23)24)16(22)18-17(15)25-20(26-18,12-7-3-1-4-8-12)13-9-5-2-6-10-13/h1-11H,(H,23,24). The minimum atomic E-state index is -1.31. The van der Waals surface area contributed by atoms with Crippen molar-refractivity contribution in [2.45, 2.75) is 5.79 Å². The van der Waals surface area contributed by atoms with Gasteiger partial charge in [0.05, 0.1) is 10.6 Å². The van der Waals surface area contributed by atoms with Gasteiger partial charge >= 0.3 is 11.8 Å². The summed E-state index contributed by atoms with van der Waals surface area (Å²) in [5, 5.41) is 9.42. The van der Waals surface area contributed by atoms with Gasteiger partial charge in [0.25, 0.3) is 0 Å². The van der Waals surface area contributed by atoms with Crippen LogP contribution in [0, 0.1) is 0 Å². The van der Waals surface area contributed by atoms with Crippen LogP contribution in [0.1, 0.15) is 21.5 Å². The smallest absolute Gasteiger partial charge is 0.337 e. The molecular formula is C20H12Cl2O4. The summed E-state index contributed by atoms with van der Waals surface area (Å²) in [6.45, 7) is 0. The van der Waals surface area contributed by atoms with Gasteiger partial charge in [0.1, 0.15) is 5.02 Å². The molecule has 0 unspecified atom stereocenters. The van der Waals surface area contributed by atoms with Crippen LogP contribution in [0.5, 0.6) is 11.5 Å². The molecule has 0 aromatic heterocycles. The van der Waals surface area contributed by atoms with Crippen molar-refractivity contribution in [3.8, 4) is 11.5 Å². The number of carbonyl (C=O) groups is 1. The van der Waals surface area contributed by atoms with Gasteiger partial charge < -0.3 is 14.6 Å². The minimum absolute atomic E-state index is 0.0503. The zero-order chi connectivity index (χ0) is 18.3. The molecule has 1 N–H and O–H groups in total. The van der Waals surface area contributed by atoms with E-state index in [1.807, 2.05) is 60.7 Å². The number of carboxylic acids is 1. The second kappa shape index (κ2) is 6.24. The summed E-state index contributed by atoms with van der Waals surface area (Å²) in [5.41, 5.74) is 1.31. The molecule has 0 spiro atoms. The van der Waals surface area contributed by atoms with Crippen LogP contribution in [0.15, 0.2) is 66.7 Å².